The summed E-state index contributed by atoms with van der Waals surface area (Å²) < 4.78 is 48.9. The molecule has 1 fully saturated rings. The number of halogens is 4. The number of alkyl halides is 3. The van der Waals surface area contributed by atoms with E-state index in [-0.39, 0.29) is 11.3 Å². The van der Waals surface area contributed by atoms with E-state index in [1.165, 1.54) is 6.07 Å². The molecule has 2 aromatic carbocycles. The van der Waals surface area contributed by atoms with Gasteiger partial charge in [-0.3, -0.25) is 9.69 Å². The van der Waals surface area contributed by atoms with Crippen molar-refractivity contribution in [2.24, 2.45) is 0 Å². The summed E-state index contributed by atoms with van der Waals surface area (Å²) in [5.41, 5.74) is 0.121. The van der Waals surface area contributed by atoms with Gasteiger partial charge in [-0.15, -0.1) is 0 Å². The van der Waals surface area contributed by atoms with E-state index in [0.717, 1.165) is 37.3 Å². The molecule has 0 aromatic heterocycles. The quantitative estimate of drug-likeness (QED) is 0.666. The maximum absolute atomic E-state index is 12.9. The first-order valence-corrected chi connectivity index (χ1v) is 9.83. The molecular weight excluding hydrogens is 437 g/mol. The van der Waals surface area contributed by atoms with Gasteiger partial charge < -0.3 is 14.8 Å². The summed E-state index contributed by atoms with van der Waals surface area (Å²) in [6, 6.07) is 9.79. The standard InChI is InChI=1S/C21H20ClF3N2O4/c22-18-6-5-16(11-17(18)21(23,24)25)26-19(28)13-31-20(29)15-3-1-14(2-4-15)12-27-7-9-30-10-8-27/h1-6,11H,7-10,12-13H2,(H,26,28). The average molecular weight is 457 g/mol. The molecule has 2 aromatic rings. The highest BCUT2D eigenvalue weighted by molar-refractivity contribution is 6.31. The lowest BCUT2D eigenvalue weighted by atomic mass is 10.1. The van der Waals surface area contributed by atoms with Crippen LogP contribution in [0.4, 0.5) is 18.9 Å². The van der Waals surface area contributed by atoms with Gasteiger partial charge in [0.15, 0.2) is 6.61 Å². The summed E-state index contributed by atoms with van der Waals surface area (Å²) in [6.45, 7) is 3.18. The molecule has 1 aliphatic heterocycles. The molecule has 1 heterocycles. The number of morpholine rings is 1. The van der Waals surface area contributed by atoms with Gasteiger partial charge in [0.2, 0.25) is 0 Å². The van der Waals surface area contributed by atoms with Gasteiger partial charge in [0.25, 0.3) is 5.91 Å². The minimum atomic E-state index is -4.65. The average Bonchev–Trinajstić information content (AvgIpc) is 2.74. The number of nitrogens with one attached hydrogen (secondary N) is 1. The van der Waals surface area contributed by atoms with Crippen molar-refractivity contribution in [2.45, 2.75) is 12.7 Å². The molecule has 6 nitrogen and oxygen atoms in total. The highest BCUT2D eigenvalue weighted by atomic mass is 35.5. The molecule has 1 amide bonds. The number of anilines is 1. The third-order valence-electron chi connectivity index (χ3n) is 4.59. The topological polar surface area (TPSA) is 67.9 Å². The molecule has 0 saturated carbocycles. The van der Waals surface area contributed by atoms with Crippen LogP contribution in [0.3, 0.4) is 0 Å². The Balaban J connectivity index is 1.50. The summed E-state index contributed by atoms with van der Waals surface area (Å²) in [5.74, 6) is -1.48. The van der Waals surface area contributed by atoms with Gasteiger partial charge in [-0.05, 0) is 35.9 Å². The maximum Gasteiger partial charge on any atom is 0.417 e. The van der Waals surface area contributed by atoms with Crippen molar-refractivity contribution in [1.82, 2.24) is 4.90 Å². The Morgan fingerprint density at radius 3 is 2.42 bits per heavy atom. The molecule has 0 spiro atoms. The van der Waals surface area contributed by atoms with Gasteiger partial charge in [0.05, 0.1) is 29.4 Å². The normalized spacial score (nSPS) is 14.8. The number of carbonyl (C=O) groups excluding carboxylic acids is 2. The molecule has 0 radical (unpaired) electrons. The molecule has 1 aliphatic rings. The summed E-state index contributed by atoms with van der Waals surface area (Å²) in [5, 5.41) is 1.77. The fourth-order valence-electron chi connectivity index (χ4n) is 3.00. The number of hydrogen-bond acceptors (Lipinski definition) is 5. The van der Waals surface area contributed by atoms with Crippen molar-refractivity contribution >= 4 is 29.2 Å². The van der Waals surface area contributed by atoms with Crippen LogP contribution in [0.2, 0.25) is 5.02 Å². The molecule has 1 saturated heterocycles. The van der Waals surface area contributed by atoms with Crippen molar-refractivity contribution in [2.75, 3.05) is 38.2 Å². The van der Waals surface area contributed by atoms with Crippen LogP contribution in [0, 0.1) is 0 Å². The van der Waals surface area contributed by atoms with Gasteiger partial charge in [-0.1, -0.05) is 23.7 Å². The van der Waals surface area contributed by atoms with Crippen molar-refractivity contribution < 1.29 is 32.2 Å². The number of rotatable bonds is 6. The zero-order chi connectivity index (χ0) is 22.4. The zero-order valence-electron chi connectivity index (χ0n) is 16.4. The third kappa shape index (κ3) is 6.68. The van der Waals surface area contributed by atoms with Crippen LogP contribution in [0.1, 0.15) is 21.5 Å². The maximum atomic E-state index is 12.9. The predicted molar refractivity (Wildman–Crippen MR) is 108 cm³/mol. The van der Waals surface area contributed by atoms with Gasteiger partial charge in [-0.2, -0.15) is 13.2 Å². The van der Waals surface area contributed by atoms with Crippen LogP contribution in [0.15, 0.2) is 42.5 Å². The fourth-order valence-corrected chi connectivity index (χ4v) is 3.22. The Morgan fingerprint density at radius 1 is 1.10 bits per heavy atom. The molecule has 166 valence electrons. The third-order valence-corrected chi connectivity index (χ3v) is 4.92. The molecule has 31 heavy (non-hydrogen) atoms. The second-order valence-electron chi connectivity index (χ2n) is 6.90. The van der Waals surface area contributed by atoms with Crippen LogP contribution >= 0.6 is 11.6 Å². The molecule has 10 heteroatoms. The predicted octanol–water partition coefficient (Wildman–Crippen LogP) is 3.99. The monoisotopic (exact) mass is 456 g/mol. The van der Waals surface area contributed by atoms with E-state index >= 15 is 0 Å². The van der Waals surface area contributed by atoms with E-state index in [9.17, 15) is 22.8 Å². The van der Waals surface area contributed by atoms with Crippen molar-refractivity contribution in [3.8, 4) is 0 Å². The number of nitrogens with zero attached hydrogens (tertiary/aromatic N) is 1. The number of ether oxygens (including phenoxy) is 2. The summed E-state index contributed by atoms with van der Waals surface area (Å²) >= 11 is 5.54. The van der Waals surface area contributed by atoms with E-state index in [4.69, 9.17) is 21.1 Å². The lowest BCUT2D eigenvalue weighted by Crippen LogP contribution is -2.35. The Kier molecular flexibility index (Phi) is 7.53. The first-order chi connectivity index (χ1) is 14.7. The van der Waals surface area contributed by atoms with Crippen molar-refractivity contribution in [3.05, 3.63) is 64.2 Å². The van der Waals surface area contributed by atoms with Crippen LogP contribution in [-0.4, -0.2) is 49.7 Å². The molecular formula is C21H20ClF3N2O4. The Hall–Kier alpha value is -2.62. The Morgan fingerprint density at radius 2 is 1.77 bits per heavy atom. The Bertz CT molecular complexity index is 929. The summed E-state index contributed by atoms with van der Waals surface area (Å²) in [4.78, 5) is 26.3. The van der Waals surface area contributed by atoms with E-state index in [1.807, 2.05) is 0 Å². The van der Waals surface area contributed by atoms with Gasteiger partial charge in [0.1, 0.15) is 0 Å². The second kappa shape index (κ2) is 10.1. The fraction of sp³-hybridized carbons (Fsp3) is 0.333. The van der Waals surface area contributed by atoms with Crippen LogP contribution < -0.4 is 5.32 Å². The zero-order valence-corrected chi connectivity index (χ0v) is 17.1. The van der Waals surface area contributed by atoms with Crippen molar-refractivity contribution in [1.29, 1.82) is 0 Å². The Labute approximate surface area is 181 Å². The van der Waals surface area contributed by atoms with Crippen LogP contribution in [0.5, 0.6) is 0 Å². The van der Waals surface area contributed by atoms with E-state index in [2.05, 4.69) is 10.2 Å². The molecule has 0 atom stereocenters. The summed E-state index contributed by atoms with van der Waals surface area (Å²) in [6.07, 6.45) is -4.65. The first-order valence-electron chi connectivity index (χ1n) is 9.45. The summed E-state index contributed by atoms with van der Waals surface area (Å²) in [7, 11) is 0. The lowest BCUT2D eigenvalue weighted by Gasteiger charge is -2.26. The number of amides is 1. The minimum absolute atomic E-state index is 0.106. The minimum Gasteiger partial charge on any atom is -0.452 e. The SMILES string of the molecule is O=C(COC(=O)c1ccc(CN2CCOCC2)cc1)Nc1ccc(Cl)c(C(F)(F)F)c1. The lowest BCUT2D eigenvalue weighted by molar-refractivity contribution is -0.137. The van der Waals surface area contributed by atoms with Crippen LogP contribution in [-0.2, 0) is 27.0 Å². The number of hydrogen-bond donors (Lipinski definition) is 1. The van der Waals surface area contributed by atoms with Crippen LogP contribution in [0.25, 0.3) is 0 Å². The van der Waals surface area contributed by atoms with Gasteiger partial charge >= 0.3 is 12.1 Å². The highest BCUT2D eigenvalue weighted by Crippen LogP contribution is 2.36. The molecule has 3 rings (SSSR count). The van der Waals surface area contributed by atoms with E-state index in [0.29, 0.717) is 13.2 Å². The second-order valence-corrected chi connectivity index (χ2v) is 7.31. The molecule has 1 N–H and O–H groups in total. The smallest absolute Gasteiger partial charge is 0.417 e. The van der Waals surface area contributed by atoms with Gasteiger partial charge in [0, 0.05) is 25.3 Å². The van der Waals surface area contributed by atoms with E-state index < -0.39 is 35.2 Å². The molecule has 0 bridgehead atoms. The number of esters is 1. The largest absolute Gasteiger partial charge is 0.452 e. The van der Waals surface area contributed by atoms with Crippen molar-refractivity contribution in [3.63, 3.8) is 0 Å². The molecule has 0 unspecified atom stereocenters. The molecule has 0 aliphatic carbocycles. The first kappa shape index (κ1) is 23.1. The van der Waals surface area contributed by atoms with E-state index in [1.54, 1.807) is 24.3 Å². The number of carbonyl (C=O) groups is 2. The van der Waals surface area contributed by atoms with Gasteiger partial charge in [-0.25, -0.2) is 4.79 Å². The number of benzene rings is 2. The highest BCUT2D eigenvalue weighted by Gasteiger charge is 2.33.